The van der Waals surface area contributed by atoms with Crippen LogP contribution in [0.15, 0.2) is 65.6 Å². The molecule has 0 saturated heterocycles. The van der Waals surface area contributed by atoms with Crippen molar-refractivity contribution in [3.05, 3.63) is 71.8 Å². The molecule has 0 spiro atoms. The van der Waals surface area contributed by atoms with E-state index >= 15 is 0 Å². The maximum Gasteiger partial charge on any atom is 0.332 e. The highest BCUT2D eigenvalue weighted by atomic mass is 32.3. The smallest absolute Gasteiger partial charge is 0.289 e. The molecular formula is C15H11FO3S. The van der Waals surface area contributed by atoms with Crippen LogP contribution in [0.4, 0.5) is 3.89 Å². The van der Waals surface area contributed by atoms with Crippen LogP contribution in [0.2, 0.25) is 0 Å². The van der Waals surface area contributed by atoms with Crippen molar-refractivity contribution in [2.45, 2.75) is 4.90 Å². The van der Waals surface area contributed by atoms with Crippen molar-refractivity contribution >= 4 is 22.1 Å². The summed E-state index contributed by atoms with van der Waals surface area (Å²) in [6.45, 7) is 0. The number of halogens is 1. The third kappa shape index (κ3) is 3.61. The quantitative estimate of drug-likeness (QED) is 0.493. The molecule has 0 fully saturated rings. The van der Waals surface area contributed by atoms with Gasteiger partial charge in [-0.15, -0.1) is 3.89 Å². The van der Waals surface area contributed by atoms with Crippen LogP contribution < -0.4 is 0 Å². The summed E-state index contributed by atoms with van der Waals surface area (Å²) in [6, 6.07) is 14.0. The summed E-state index contributed by atoms with van der Waals surface area (Å²) in [5.41, 5.74) is 1.17. The summed E-state index contributed by atoms with van der Waals surface area (Å²) in [7, 11) is -4.73. The van der Waals surface area contributed by atoms with Gasteiger partial charge in [0, 0.05) is 5.56 Å². The van der Waals surface area contributed by atoms with Gasteiger partial charge in [0.05, 0.1) is 4.90 Å². The fraction of sp³-hybridized carbons (Fsp3) is 0. The zero-order chi connectivity index (χ0) is 14.6. The average Bonchev–Trinajstić information content (AvgIpc) is 2.45. The van der Waals surface area contributed by atoms with E-state index in [2.05, 4.69) is 0 Å². The van der Waals surface area contributed by atoms with E-state index in [0.29, 0.717) is 5.56 Å². The van der Waals surface area contributed by atoms with Gasteiger partial charge < -0.3 is 0 Å². The molecule has 0 aliphatic heterocycles. The minimum Gasteiger partial charge on any atom is -0.289 e. The highest BCUT2D eigenvalue weighted by Gasteiger charge is 2.12. The van der Waals surface area contributed by atoms with Gasteiger partial charge in [-0.3, -0.25) is 4.79 Å². The predicted octanol–water partition coefficient (Wildman–Crippen LogP) is 3.24. The van der Waals surface area contributed by atoms with Crippen molar-refractivity contribution < 1.29 is 17.1 Å². The highest BCUT2D eigenvalue weighted by Crippen LogP contribution is 2.14. The number of carbonyl (C=O) groups is 1. The molecule has 0 aliphatic rings. The SMILES string of the molecule is O=C(C=Cc1ccccc1)c1ccc(S(=O)(=O)F)cc1. The summed E-state index contributed by atoms with van der Waals surface area (Å²) < 4.78 is 34.0. The Morgan fingerprint density at radius 2 is 1.55 bits per heavy atom. The van der Waals surface area contributed by atoms with Gasteiger partial charge in [-0.1, -0.05) is 36.4 Å². The first kappa shape index (κ1) is 14.1. The lowest BCUT2D eigenvalue weighted by atomic mass is 10.1. The average molecular weight is 290 g/mol. The summed E-state index contributed by atoms with van der Waals surface area (Å²) in [4.78, 5) is 11.4. The Labute approximate surface area is 116 Å². The van der Waals surface area contributed by atoms with Crippen molar-refractivity contribution in [1.29, 1.82) is 0 Å². The van der Waals surface area contributed by atoms with Gasteiger partial charge >= 0.3 is 10.2 Å². The molecule has 2 aromatic carbocycles. The van der Waals surface area contributed by atoms with Crippen LogP contribution >= 0.6 is 0 Å². The molecule has 20 heavy (non-hydrogen) atoms. The lowest BCUT2D eigenvalue weighted by molar-refractivity contribution is 0.104. The van der Waals surface area contributed by atoms with Crippen LogP contribution in [-0.2, 0) is 10.2 Å². The molecule has 0 bridgehead atoms. The van der Waals surface area contributed by atoms with Crippen LogP contribution in [-0.4, -0.2) is 14.2 Å². The predicted molar refractivity (Wildman–Crippen MR) is 74.5 cm³/mol. The summed E-state index contributed by atoms with van der Waals surface area (Å²) in [5, 5.41) is 0. The second-order valence-corrected chi connectivity index (χ2v) is 5.42. The van der Waals surface area contributed by atoms with E-state index in [4.69, 9.17) is 0 Å². The number of benzene rings is 2. The molecule has 0 N–H and O–H groups in total. The van der Waals surface area contributed by atoms with Gasteiger partial charge in [0.2, 0.25) is 0 Å². The molecule has 0 aliphatic carbocycles. The van der Waals surface area contributed by atoms with Gasteiger partial charge in [-0.25, -0.2) is 0 Å². The third-order valence-electron chi connectivity index (χ3n) is 2.65. The van der Waals surface area contributed by atoms with Crippen LogP contribution in [0.5, 0.6) is 0 Å². The fourth-order valence-corrected chi connectivity index (χ4v) is 2.08. The van der Waals surface area contributed by atoms with Crippen molar-refractivity contribution in [2.24, 2.45) is 0 Å². The normalized spacial score (nSPS) is 11.7. The van der Waals surface area contributed by atoms with Gasteiger partial charge in [-0.2, -0.15) is 8.42 Å². The lowest BCUT2D eigenvalue weighted by Crippen LogP contribution is -1.96. The molecule has 0 aromatic heterocycles. The molecule has 2 aromatic rings. The molecule has 0 heterocycles. The molecule has 2 rings (SSSR count). The van der Waals surface area contributed by atoms with Crippen molar-refractivity contribution in [1.82, 2.24) is 0 Å². The van der Waals surface area contributed by atoms with Gasteiger partial charge in [-0.05, 0) is 35.9 Å². The molecule has 0 radical (unpaired) electrons. The Morgan fingerprint density at radius 3 is 2.10 bits per heavy atom. The zero-order valence-corrected chi connectivity index (χ0v) is 11.2. The van der Waals surface area contributed by atoms with E-state index in [0.717, 1.165) is 17.7 Å². The first-order valence-corrected chi connectivity index (χ1v) is 7.17. The van der Waals surface area contributed by atoms with Gasteiger partial charge in [0.25, 0.3) is 0 Å². The minimum atomic E-state index is -4.73. The van der Waals surface area contributed by atoms with E-state index in [1.54, 1.807) is 6.08 Å². The van der Waals surface area contributed by atoms with Gasteiger partial charge in [0.15, 0.2) is 5.78 Å². The van der Waals surface area contributed by atoms with E-state index in [9.17, 15) is 17.1 Å². The molecule has 3 nitrogen and oxygen atoms in total. The fourth-order valence-electron chi connectivity index (χ4n) is 1.61. The Bertz CT molecular complexity index is 732. The van der Waals surface area contributed by atoms with Crippen LogP contribution in [0.3, 0.4) is 0 Å². The maximum atomic E-state index is 12.7. The number of allylic oxidation sites excluding steroid dienone is 1. The monoisotopic (exact) mass is 290 g/mol. The van der Waals surface area contributed by atoms with E-state index < -0.39 is 15.1 Å². The third-order valence-corrected chi connectivity index (χ3v) is 3.48. The molecule has 102 valence electrons. The second kappa shape index (κ2) is 5.79. The Morgan fingerprint density at radius 1 is 0.950 bits per heavy atom. The molecule has 0 atom stereocenters. The van der Waals surface area contributed by atoms with Gasteiger partial charge in [0.1, 0.15) is 0 Å². The molecule has 5 heteroatoms. The first-order chi connectivity index (χ1) is 9.47. The maximum absolute atomic E-state index is 12.7. The van der Waals surface area contributed by atoms with Crippen molar-refractivity contribution in [3.8, 4) is 0 Å². The van der Waals surface area contributed by atoms with E-state index in [1.165, 1.54) is 18.2 Å². The Kier molecular flexibility index (Phi) is 4.10. The van der Waals surface area contributed by atoms with Crippen LogP contribution in [0.1, 0.15) is 15.9 Å². The Hall–Kier alpha value is -2.27. The zero-order valence-electron chi connectivity index (χ0n) is 10.4. The molecule has 0 amide bonds. The topological polar surface area (TPSA) is 51.2 Å². The van der Waals surface area contributed by atoms with Crippen molar-refractivity contribution in [3.63, 3.8) is 0 Å². The molecular weight excluding hydrogens is 279 g/mol. The second-order valence-electron chi connectivity index (χ2n) is 4.07. The highest BCUT2D eigenvalue weighted by molar-refractivity contribution is 7.86. The van der Waals surface area contributed by atoms with E-state index in [1.807, 2.05) is 30.3 Å². The van der Waals surface area contributed by atoms with Crippen LogP contribution in [0.25, 0.3) is 6.08 Å². The Balaban J connectivity index is 2.16. The largest absolute Gasteiger partial charge is 0.332 e. The van der Waals surface area contributed by atoms with Crippen molar-refractivity contribution in [2.75, 3.05) is 0 Å². The minimum absolute atomic E-state index is 0.281. The van der Waals surface area contributed by atoms with Crippen LogP contribution in [0, 0.1) is 0 Å². The molecule has 0 saturated carbocycles. The summed E-state index contributed by atoms with van der Waals surface area (Å²) in [5.74, 6) is -0.281. The first-order valence-electron chi connectivity index (χ1n) is 5.79. The number of rotatable bonds is 4. The summed E-state index contributed by atoms with van der Waals surface area (Å²) >= 11 is 0. The lowest BCUT2D eigenvalue weighted by Gasteiger charge is -1.98. The summed E-state index contributed by atoms with van der Waals surface area (Å²) in [6.07, 6.45) is 3.04. The molecule has 0 unspecified atom stereocenters. The number of ketones is 1. The van der Waals surface area contributed by atoms with E-state index in [-0.39, 0.29) is 5.78 Å². The number of hydrogen-bond donors (Lipinski definition) is 0. The standard InChI is InChI=1S/C15H11FO3S/c16-20(18,19)14-9-7-13(8-10-14)15(17)11-6-12-4-2-1-3-5-12/h1-11H. The number of carbonyl (C=O) groups excluding carboxylic acids is 1. The number of hydrogen-bond acceptors (Lipinski definition) is 3.